The van der Waals surface area contributed by atoms with E-state index in [1.807, 2.05) is 10.9 Å². The Morgan fingerprint density at radius 2 is 2.05 bits per heavy atom. The first-order chi connectivity index (χ1) is 10.7. The van der Waals surface area contributed by atoms with Gasteiger partial charge in [-0.25, -0.2) is 9.97 Å². The van der Waals surface area contributed by atoms with Crippen molar-refractivity contribution in [2.45, 2.75) is 43.8 Å². The van der Waals surface area contributed by atoms with Crippen molar-refractivity contribution in [3.8, 4) is 11.6 Å². The minimum atomic E-state index is 0.260. The Labute approximate surface area is 136 Å². The fourth-order valence-electron chi connectivity index (χ4n) is 3.36. The predicted octanol–water partition coefficient (Wildman–Crippen LogP) is 2.27. The van der Waals surface area contributed by atoms with E-state index in [0.717, 1.165) is 12.8 Å². The average Bonchev–Trinajstić information content (AvgIpc) is 3.10. The Morgan fingerprint density at radius 3 is 2.82 bits per heavy atom. The van der Waals surface area contributed by atoms with Crippen LogP contribution in [0.1, 0.15) is 31.7 Å². The van der Waals surface area contributed by atoms with Crippen LogP contribution >= 0.6 is 15.9 Å². The molecule has 2 fully saturated rings. The van der Waals surface area contributed by atoms with E-state index in [0.29, 0.717) is 34.4 Å². The molecule has 2 aromatic heterocycles. The first kappa shape index (κ1) is 14.0. The molecule has 0 amide bonds. The molecule has 3 N–H and O–H groups in total. The number of aromatic nitrogens is 4. The van der Waals surface area contributed by atoms with Gasteiger partial charge in [0.2, 0.25) is 0 Å². The molecule has 0 radical (unpaired) electrons. The molecule has 2 aliphatic rings. The molecule has 116 valence electrons. The van der Waals surface area contributed by atoms with E-state index in [1.54, 1.807) is 6.20 Å². The summed E-state index contributed by atoms with van der Waals surface area (Å²) in [5.41, 5.74) is 5.78. The van der Waals surface area contributed by atoms with E-state index in [9.17, 15) is 0 Å². The molecule has 0 spiro atoms. The van der Waals surface area contributed by atoms with Crippen LogP contribution < -0.4 is 15.8 Å². The van der Waals surface area contributed by atoms with Crippen molar-refractivity contribution in [2.75, 3.05) is 5.73 Å². The van der Waals surface area contributed by atoms with Crippen molar-refractivity contribution >= 4 is 21.7 Å². The lowest BCUT2D eigenvalue weighted by Crippen LogP contribution is -2.38. The van der Waals surface area contributed by atoms with Crippen LogP contribution in [0.25, 0.3) is 0 Å². The highest BCUT2D eigenvalue weighted by atomic mass is 79.9. The number of fused-ring (bicyclic) bond motifs is 2. The van der Waals surface area contributed by atoms with Gasteiger partial charge >= 0.3 is 0 Å². The molecule has 0 saturated carbocycles. The minimum absolute atomic E-state index is 0.260. The average molecular weight is 365 g/mol. The van der Waals surface area contributed by atoms with Gasteiger partial charge in [-0.1, -0.05) is 0 Å². The lowest BCUT2D eigenvalue weighted by molar-refractivity contribution is 0.281. The molecule has 4 rings (SSSR count). The molecule has 7 nitrogen and oxygen atoms in total. The largest absolute Gasteiger partial charge is 0.433 e. The molecule has 2 aromatic rings. The van der Waals surface area contributed by atoms with E-state index in [2.05, 4.69) is 36.3 Å². The Kier molecular flexibility index (Phi) is 3.50. The summed E-state index contributed by atoms with van der Waals surface area (Å²) in [5, 5.41) is 8.09. The molecule has 0 aliphatic carbocycles. The third-order valence-corrected chi connectivity index (χ3v) is 4.73. The van der Waals surface area contributed by atoms with E-state index in [4.69, 9.17) is 10.5 Å². The number of rotatable bonds is 3. The van der Waals surface area contributed by atoms with Crippen LogP contribution in [0.3, 0.4) is 0 Å². The van der Waals surface area contributed by atoms with Crippen LogP contribution in [0.5, 0.6) is 11.6 Å². The number of nitrogens with one attached hydrogen (secondary N) is 1. The number of nitrogen functional groups attached to an aromatic ring is 1. The van der Waals surface area contributed by atoms with Crippen molar-refractivity contribution in [2.24, 2.45) is 0 Å². The maximum atomic E-state index is 5.78. The lowest BCUT2D eigenvalue weighted by atomic mass is 10.0. The number of piperidine rings is 1. The van der Waals surface area contributed by atoms with Crippen LogP contribution in [0.2, 0.25) is 0 Å². The molecule has 22 heavy (non-hydrogen) atoms. The summed E-state index contributed by atoms with van der Waals surface area (Å²) in [4.78, 5) is 8.19. The second kappa shape index (κ2) is 5.51. The van der Waals surface area contributed by atoms with Crippen molar-refractivity contribution in [1.29, 1.82) is 0 Å². The second-order valence-electron chi connectivity index (χ2n) is 5.90. The molecular weight excluding hydrogens is 348 g/mol. The van der Waals surface area contributed by atoms with Gasteiger partial charge in [0.25, 0.3) is 5.88 Å². The van der Waals surface area contributed by atoms with E-state index < -0.39 is 0 Å². The summed E-state index contributed by atoms with van der Waals surface area (Å²) in [6.45, 7) is 0. The third kappa shape index (κ3) is 2.68. The normalized spacial score (nSPS) is 27.0. The smallest absolute Gasteiger partial charge is 0.263 e. The van der Waals surface area contributed by atoms with Crippen molar-refractivity contribution in [1.82, 2.24) is 25.1 Å². The maximum absolute atomic E-state index is 5.78. The molecule has 4 heterocycles. The second-order valence-corrected chi connectivity index (χ2v) is 6.72. The highest BCUT2D eigenvalue weighted by molar-refractivity contribution is 9.10. The summed E-state index contributed by atoms with van der Waals surface area (Å²) in [6.07, 6.45) is 9.94. The van der Waals surface area contributed by atoms with Crippen molar-refractivity contribution < 1.29 is 4.74 Å². The van der Waals surface area contributed by atoms with Crippen molar-refractivity contribution in [3.05, 3.63) is 23.2 Å². The van der Waals surface area contributed by atoms with Gasteiger partial charge in [-0.2, -0.15) is 5.10 Å². The fraction of sp³-hybridized carbons (Fsp3) is 0.500. The van der Waals surface area contributed by atoms with E-state index in [-0.39, 0.29) is 5.82 Å². The highest BCUT2D eigenvalue weighted by Crippen LogP contribution is 2.34. The zero-order chi connectivity index (χ0) is 15.1. The summed E-state index contributed by atoms with van der Waals surface area (Å²) in [6, 6.07) is 1.69. The van der Waals surface area contributed by atoms with Gasteiger partial charge in [0.1, 0.15) is 4.60 Å². The first-order valence-corrected chi connectivity index (χ1v) is 8.23. The standard InChI is InChI=1S/C14H17BrN6O/c15-12-6-17-13(16)14(20-12)22-11-5-18-21(7-11)10-3-8-1-2-9(4-10)19-8/h5-10,19H,1-4H2,(H2,16,17). The van der Waals surface area contributed by atoms with Gasteiger partial charge in [-0.15, -0.1) is 0 Å². The molecule has 8 heteroatoms. The molecule has 2 atom stereocenters. The molecule has 0 aromatic carbocycles. The Bertz CT molecular complexity index is 678. The predicted molar refractivity (Wildman–Crippen MR) is 84.7 cm³/mol. The Hall–Kier alpha value is -1.67. The number of ether oxygens (including phenoxy) is 1. The van der Waals surface area contributed by atoms with Gasteiger partial charge in [-0.05, 0) is 41.6 Å². The van der Waals surface area contributed by atoms with Crippen LogP contribution in [-0.2, 0) is 0 Å². The van der Waals surface area contributed by atoms with Crippen molar-refractivity contribution in [3.63, 3.8) is 0 Å². The molecule has 2 unspecified atom stereocenters. The number of hydrogen-bond acceptors (Lipinski definition) is 6. The number of anilines is 1. The number of nitrogens with zero attached hydrogens (tertiary/aromatic N) is 4. The zero-order valence-electron chi connectivity index (χ0n) is 11.9. The quantitative estimate of drug-likeness (QED) is 0.867. The lowest BCUT2D eigenvalue weighted by Gasteiger charge is -2.29. The maximum Gasteiger partial charge on any atom is 0.263 e. The van der Waals surface area contributed by atoms with E-state index in [1.165, 1.54) is 19.0 Å². The number of nitrogens with two attached hydrogens (primary N) is 1. The summed E-state index contributed by atoms with van der Waals surface area (Å²) >= 11 is 3.26. The summed E-state index contributed by atoms with van der Waals surface area (Å²) < 4.78 is 8.29. The fourth-order valence-corrected chi connectivity index (χ4v) is 3.63. The molecule has 2 aliphatic heterocycles. The Morgan fingerprint density at radius 1 is 1.27 bits per heavy atom. The Balaban J connectivity index is 1.50. The minimum Gasteiger partial charge on any atom is -0.433 e. The van der Waals surface area contributed by atoms with Gasteiger partial charge in [0, 0.05) is 12.1 Å². The third-order valence-electron chi connectivity index (χ3n) is 4.35. The molecule has 2 bridgehead atoms. The topological polar surface area (TPSA) is 90.9 Å². The van der Waals surface area contributed by atoms with Crippen LogP contribution in [0.15, 0.2) is 23.2 Å². The molecule has 2 saturated heterocycles. The monoisotopic (exact) mass is 364 g/mol. The zero-order valence-corrected chi connectivity index (χ0v) is 13.5. The number of halogens is 1. The van der Waals surface area contributed by atoms with Gasteiger partial charge < -0.3 is 15.8 Å². The first-order valence-electron chi connectivity index (χ1n) is 7.43. The number of hydrogen-bond donors (Lipinski definition) is 2. The van der Waals surface area contributed by atoms with Crippen LogP contribution in [0.4, 0.5) is 5.82 Å². The van der Waals surface area contributed by atoms with Gasteiger partial charge in [0.05, 0.1) is 24.6 Å². The van der Waals surface area contributed by atoms with Crippen LogP contribution in [0, 0.1) is 0 Å². The highest BCUT2D eigenvalue weighted by Gasteiger charge is 2.34. The summed E-state index contributed by atoms with van der Waals surface area (Å²) in [7, 11) is 0. The van der Waals surface area contributed by atoms with Gasteiger partial charge in [0.15, 0.2) is 11.6 Å². The van der Waals surface area contributed by atoms with Crippen LogP contribution in [-0.4, -0.2) is 31.8 Å². The van der Waals surface area contributed by atoms with E-state index >= 15 is 0 Å². The molecular formula is C14H17BrN6O. The van der Waals surface area contributed by atoms with Gasteiger partial charge in [-0.3, -0.25) is 4.68 Å². The SMILES string of the molecule is Nc1ncc(Br)nc1Oc1cnn(C2CC3CCC(C2)N3)c1. The summed E-state index contributed by atoms with van der Waals surface area (Å²) in [5.74, 6) is 1.18.